The van der Waals surface area contributed by atoms with Crippen molar-refractivity contribution in [1.82, 2.24) is 5.43 Å². The lowest BCUT2D eigenvalue weighted by Gasteiger charge is -2.12. The Morgan fingerprint density at radius 2 is 1.85 bits per heavy atom. The van der Waals surface area contributed by atoms with Crippen LogP contribution in [0.2, 0.25) is 0 Å². The van der Waals surface area contributed by atoms with Gasteiger partial charge in [0.25, 0.3) is 5.91 Å². The quantitative estimate of drug-likeness (QED) is 0.829. The number of hydrazone groups is 1. The van der Waals surface area contributed by atoms with Gasteiger partial charge in [0.2, 0.25) is 0 Å². The van der Waals surface area contributed by atoms with Gasteiger partial charge in [0, 0.05) is 29.1 Å². The highest BCUT2D eigenvalue weighted by atomic mass is 19.1. The molecule has 130 valence electrons. The lowest BCUT2D eigenvalue weighted by molar-refractivity contribution is 0.102. The summed E-state index contributed by atoms with van der Waals surface area (Å²) in [5.74, 6) is -1.19. The molecule has 1 heterocycles. The van der Waals surface area contributed by atoms with Gasteiger partial charge in [0.05, 0.1) is 5.69 Å². The topological polar surface area (TPSA) is 70.6 Å². The first kappa shape index (κ1) is 17.3. The van der Waals surface area contributed by atoms with Gasteiger partial charge >= 0.3 is 0 Å². The summed E-state index contributed by atoms with van der Waals surface area (Å²) in [6.07, 6.45) is 6.20. The van der Waals surface area contributed by atoms with Crippen molar-refractivity contribution in [2.75, 3.05) is 5.32 Å². The molecule has 0 saturated carbocycles. The lowest BCUT2D eigenvalue weighted by Crippen LogP contribution is -2.17. The predicted octanol–water partition coefficient (Wildman–Crippen LogP) is 3.60. The summed E-state index contributed by atoms with van der Waals surface area (Å²) in [5.41, 5.74) is 4.23. The van der Waals surface area contributed by atoms with E-state index in [0.29, 0.717) is 16.8 Å². The molecule has 0 saturated heterocycles. The molecule has 2 aromatic carbocycles. The van der Waals surface area contributed by atoms with E-state index in [4.69, 9.17) is 0 Å². The van der Waals surface area contributed by atoms with Crippen LogP contribution in [0.15, 0.2) is 71.5 Å². The third kappa shape index (κ3) is 3.59. The van der Waals surface area contributed by atoms with E-state index in [1.54, 1.807) is 42.6 Å². The summed E-state index contributed by atoms with van der Waals surface area (Å²) < 4.78 is 13.7. The van der Waals surface area contributed by atoms with Gasteiger partial charge in [-0.15, -0.1) is 0 Å². The fourth-order valence-corrected chi connectivity index (χ4v) is 2.53. The first-order valence-electron chi connectivity index (χ1n) is 7.93. The molecule has 2 N–H and O–H groups in total. The number of ketones is 1. The van der Waals surface area contributed by atoms with Crippen molar-refractivity contribution in [3.8, 4) is 0 Å². The highest BCUT2D eigenvalue weighted by Gasteiger charge is 2.18. The van der Waals surface area contributed by atoms with Crippen LogP contribution in [-0.4, -0.2) is 17.9 Å². The molecule has 26 heavy (non-hydrogen) atoms. The summed E-state index contributed by atoms with van der Waals surface area (Å²) in [5, 5.41) is 6.53. The van der Waals surface area contributed by atoms with Crippen molar-refractivity contribution >= 4 is 23.6 Å². The Balaban J connectivity index is 1.91. The minimum Gasteiger partial charge on any atom is -0.321 e. The zero-order chi connectivity index (χ0) is 18.5. The summed E-state index contributed by atoms with van der Waals surface area (Å²) in [7, 11) is 0. The highest BCUT2D eigenvalue weighted by Crippen LogP contribution is 2.21. The minimum absolute atomic E-state index is 0.220. The van der Waals surface area contributed by atoms with Crippen molar-refractivity contribution < 1.29 is 14.0 Å². The third-order valence-electron chi connectivity index (χ3n) is 3.93. The highest BCUT2D eigenvalue weighted by molar-refractivity contribution is 6.17. The number of carbonyl (C=O) groups excluding carboxylic acids is 2. The molecular weight excluding hydrogens is 333 g/mol. The Bertz CT molecular complexity index is 961. The molecule has 0 aromatic heterocycles. The average molecular weight is 349 g/mol. The van der Waals surface area contributed by atoms with Crippen LogP contribution in [0.4, 0.5) is 10.1 Å². The molecule has 0 aliphatic carbocycles. The summed E-state index contributed by atoms with van der Waals surface area (Å²) >= 11 is 0. The zero-order valence-corrected chi connectivity index (χ0v) is 14.0. The van der Waals surface area contributed by atoms with Gasteiger partial charge in [-0.25, -0.2) is 4.39 Å². The molecule has 3 rings (SSSR count). The van der Waals surface area contributed by atoms with Crippen LogP contribution in [0.5, 0.6) is 0 Å². The number of nitrogens with zero attached hydrogens (tertiary/aromatic N) is 1. The molecule has 1 amide bonds. The maximum absolute atomic E-state index is 13.7. The number of para-hydroxylation sites is 1. The molecule has 0 spiro atoms. The van der Waals surface area contributed by atoms with Gasteiger partial charge in [-0.1, -0.05) is 18.2 Å². The Kier molecular flexibility index (Phi) is 5.03. The van der Waals surface area contributed by atoms with Crippen molar-refractivity contribution in [2.45, 2.75) is 6.92 Å². The van der Waals surface area contributed by atoms with Crippen molar-refractivity contribution in [3.05, 3.63) is 88.9 Å². The van der Waals surface area contributed by atoms with Gasteiger partial charge in [-0.2, -0.15) is 5.10 Å². The predicted molar refractivity (Wildman–Crippen MR) is 98.7 cm³/mol. The summed E-state index contributed by atoms with van der Waals surface area (Å²) in [6.45, 7) is 1.54. The molecule has 0 bridgehead atoms. The van der Waals surface area contributed by atoms with Crippen LogP contribution in [0, 0.1) is 12.7 Å². The van der Waals surface area contributed by atoms with Gasteiger partial charge in [0.1, 0.15) is 5.82 Å². The van der Waals surface area contributed by atoms with E-state index < -0.39 is 11.7 Å². The van der Waals surface area contributed by atoms with E-state index in [1.165, 1.54) is 31.3 Å². The number of Topliss-reactive ketones (excluding diaryl/α,β-unsaturated/α-hetero) is 1. The Labute approximate surface area is 149 Å². The van der Waals surface area contributed by atoms with Crippen LogP contribution >= 0.6 is 0 Å². The first-order valence-corrected chi connectivity index (χ1v) is 7.93. The van der Waals surface area contributed by atoms with E-state index in [-0.39, 0.29) is 16.9 Å². The molecule has 5 nitrogen and oxygen atoms in total. The third-order valence-corrected chi connectivity index (χ3v) is 3.93. The number of amides is 1. The first-order chi connectivity index (χ1) is 12.6. The van der Waals surface area contributed by atoms with Gasteiger partial charge in [0.15, 0.2) is 5.78 Å². The number of halogens is 1. The maximum atomic E-state index is 13.7. The summed E-state index contributed by atoms with van der Waals surface area (Å²) in [4.78, 5) is 25.3. The second-order valence-corrected chi connectivity index (χ2v) is 5.60. The molecule has 0 atom stereocenters. The van der Waals surface area contributed by atoms with Crippen LogP contribution < -0.4 is 10.7 Å². The molecule has 1 aliphatic rings. The molecule has 2 aromatic rings. The smallest absolute Gasteiger partial charge is 0.256 e. The molecule has 0 radical (unpaired) electrons. The lowest BCUT2D eigenvalue weighted by atomic mass is 10.0. The number of benzene rings is 2. The normalized spacial score (nSPS) is 12.8. The fraction of sp³-hybridized carbons (Fsp3) is 0.0500. The average Bonchev–Trinajstić information content (AvgIpc) is 2.93. The van der Waals surface area contributed by atoms with Crippen LogP contribution in [0.25, 0.3) is 0 Å². The van der Waals surface area contributed by atoms with Crippen molar-refractivity contribution in [1.29, 1.82) is 0 Å². The monoisotopic (exact) mass is 349 g/mol. The van der Waals surface area contributed by atoms with Crippen LogP contribution in [0.3, 0.4) is 0 Å². The Morgan fingerprint density at radius 3 is 2.69 bits per heavy atom. The molecule has 0 fully saturated rings. The zero-order valence-electron chi connectivity index (χ0n) is 14.0. The van der Waals surface area contributed by atoms with Crippen LogP contribution in [-0.2, 0) is 0 Å². The SMILES string of the molecule is Cc1c(F)cccc1C(=O)Nc1ccccc1C(=O)C1=CC=NNC=C1. The van der Waals surface area contributed by atoms with E-state index in [9.17, 15) is 14.0 Å². The number of allylic oxidation sites excluding steroid dienone is 3. The number of anilines is 1. The van der Waals surface area contributed by atoms with E-state index in [0.717, 1.165) is 0 Å². The van der Waals surface area contributed by atoms with E-state index in [1.807, 2.05) is 0 Å². The second-order valence-electron chi connectivity index (χ2n) is 5.60. The van der Waals surface area contributed by atoms with Gasteiger partial charge < -0.3 is 5.32 Å². The van der Waals surface area contributed by atoms with Gasteiger partial charge in [-0.3, -0.25) is 15.0 Å². The Hall–Kier alpha value is -3.54. The van der Waals surface area contributed by atoms with Crippen molar-refractivity contribution in [3.63, 3.8) is 0 Å². The Morgan fingerprint density at radius 1 is 1.08 bits per heavy atom. The molecule has 1 aliphatic heterocycles. The maximum Gasteiger partial charge on any atom is 0.256 e. The number of rotatable bonds is 4. The minimum atomic E-state index is -0.476. The molecule has 0 unspecified atom stereocenters. The van der Waals surface area contributed by atoms with Gasteiger partial charge in [-0.05, 0) is 48.9 Å². The number of carbonyl (C=O) groups is 2. The number of hydrogen-bond donors (Lipinski definition) is 2. The molecule has 6 heteroatoms. The standard InChI is InChI=1S/C20H16FN3O2/c1-13-15(6-4-7-17(13)21)20(26)24-18-8-3-2-5-16(18)19(25)14-9-11-22-23-12-10-14/h2-12,22H,1H3,(H,24,26). The number of nitrogens with one attached hydrogen (secondary N) is 2. The summed E-state index contributed by atoms with van der Waals surface area (Å²) in [6, 6.07) is 11.0. The van der Waals surface area contributed by atoms with E-state index in [2.05, 4.69) is 15.8 Å². The molecular formula is C20H16FN3O2. The number of hydrogen-bond acceptors (Lipinski definition) is 4. The van der Waals surface area contributed by atoms with E-state index >= 15 is 0 Å². The largest absolute Gasteiger partial charge is 0.321 e. The van der Waals surface area contributed by atoms with Crippen LogP contribution in [0.1, 0.15) is 26.3 Å². The fourth-order valence-electron chi connectivity index (χ4n) is 2.53. The van der Waals surface area contributed by atoms with Crippen molar-refractivity contribution in [2.24, 2.45) is 5.10 Å². The second kappa shape index (κ2) is 7.57.